The standard InChI is InChI=1S/C20H26N4O4/c1-14-13-17(28-22-14)21-19(25)15(2)27-20(26)18(16-7-5-4-6-8-16)24-11-9-23(3)10-12-24/h4-8,13,15,18H,9-12H2,1-3H3,(H,21,25)/t15-,18-/m1/s1. The van der Waals surface area contributed by atoms with Crippen LogP contribution in [-0.2, 0) is 14.3 Å². The molecule has 1 fully saturated rings. The summed E-state index contributed by atoms with van der Waals surface area (Å²) in [6.07, 6.45) is -0.961. The highest BCUT2D eigenvalue weighted by Gasteiger charge is 2.33. The van der Waals surface area contributed by atoms with Crippen molar-refractivity contribution in [2.24, 2.45) is 0 Å². The van der Waals surface area contributed by atoms with Crippen molar-refractivity contribution in [1.82, 2.24) is 15.0 Å². The van der Waals surface area contributed by atoms with Gasteiger partial charge in [-0.05, 0) is 26.5 Å². The number of nitrogens with one attached hydrogen (secondary N) is 1. The molecule has 0 bridgehead atoms. The van der Waals surface area contributed by atoms with Crippen LogP contribution in [0.25, 0.3) is 0 Å². The molecule has 8 heteroatoms. The first-order chi connectivity index (χ1) is 13.4. The number of hydrogen-bond donors (Lipinski definition) is 1. The van der Waals surface area contributed by atoms with Gasteiger partial charge in [0.1, 0.15) is 6.04 Å². The Kier molecular flexibility index (Phi) is 6.43. The molecule has 2 atom stereocenters. The zero-order valence-electron chi connectivity index (χ0n) is 16.4. The molecule has 1 N–H and O–H groups in total. The zero-order chi connectivity index (χ0) is 20.1. The van der Waals surface area contributed by atoms with E-state index in [2.05, 4.69) is 27.3 Å². The second-order valence-corrected chi connectivity index (χ2v) is 7.05. The Morgan fingerprint density at radius 1 is 1.18 bits per heavy atom. The number of ether oxygens (including phenoxy) is 1. The Labute approximate surface area is 164 Å². The Morgan fingerprint density at radius 2 is 1.86 bits per heavy atom. The molecule has 150 valence electrons. The van der Waals surface area contributed by atoms with Crippen molar-refractivity contribution >= 4 is 17.8 Å². The number of nitrogens with zero attached hydrogens (tertiary/aromatic N) is 3. The first kappa shape index (κ1) is 20.0. The summed E-state index contributed by atoms with van der Waals surface area (Å²) in [5.74, 6) is -0.675. The molecule has 0 spiro atoms. The van der Waals surface area contributed by atoms with E-state index in [0.29, 0.717) is 5.69 Å². The molecule has 0 radical (unpaired) electrons. The van der Waals surface area contributed by atoms with Crippen LogP contribution >= 0.6 is 0 Å². The van der Waals surface area contributed by atoms with Crippen LogP contribution in [0.15, 0.2) is 40.9 Å². The molecule has 1 aromatic carbocycles. The summed E-state index contributed by atoms with van der Waals surface area (Å²) >= 11 is 0. The van der Waals surface area contributed by atoms with E-state index in [1.54, 1.807) is 19.9 Å². The molecule has 3 rings (SSSR count). The van der Waals surface area contributed by atoms with Crippen molar-refractivity contribution in [2.75, 3.05) is 38.5 Å². The summed E-state index contributed by atoms with van der Waals surface area (Å²) in [4.78, 5) is 29.7. The van der Waals surface area contributed by atoms with Crippen LogP contribution in [0.2, 0.25) is 0 Å². The van der Waals surface area contributed by atoms with Gasteiger partial charge in [0.15, 0.2) is 6.10 Å². The van der Waals surface area contributed by atoms with Crippen molar-refractivity contribution in [3.63, 3.8) is 0 Å². The second kappa shape index (κ2) is 8.99. The van der Waals surface area contributed by atoms with Gasteiger partial charge in [0.05, 0.1) is 5.69 Å². The molecule has 1 aliphatic rings. The molecule has 1 aliphatic heterocycles. The molecule has 2 aromatic rings. The number of esters is 1. The number of rotatable bonds is 6. The fraction of sp³-hybridized carbons (Fsp3) is 0.450. The van der Waals surface area contributed by atoms with Gasteiger partial charge in [0, 0.05) is 32.2 Å². The van der Waals surface area contributed by atoms with E-state index in [0.717, 1.165) is 31.7 Å². The van der Waals surface area contributed by atoms with E-state index < -0.39 is 24.0 Å². The van der Waals surface area contributed by atoms with E-state index >= 15 is 0 Å². The zero-order valence-corrected chi connectivity index (χ0v) is 16.4. The molecule has 2 heterocycles. The lowest BCUT2D eigenvalue weighted by atomic mass is 10.0. The predicted molar refractivity (Wildman–Crippen MR) is 104 cm³/mol. The molecule has 28 heavy (non-hydrogen) atoms. The summed E-state index contributed by atoms with van der Waals surface area (Å²) in [6.45, 7) is 6.55. The van der Waals surface area contributed by atoms with Crippen LogP contribution in [0.5, 0.6) is 0 Å². The lowest BCUT2D eigenvalue weighted by molar-refractivity contribution is -0.159. The number of amides is 1. The van der Waals surface area contributed by atoms with Gasteiger partial charge in [-0.25, -0.2) is 4.79 Å². The summed E-state index contributed by atoms with van der Waals surface area (Å²) in [5, 5.41) is 6.28. The third-order valence-corrected chi connectivity index (χ3v) is 4.78. The van der Waals surface area contributed by atoms with Crippen molar-refractivity contribution in [2.45, 2.75) is 26.0 Å². The fourth-order valence-electron chi connectivity index (χ4n) is 3.15. The second-order valence-electron chi connectivity index (χ2n) is 7.05. The molecule has 8 nitrogen and oxygen atoms in total. The molecule has 1 amide bonds. The van der Waals surface area contributed by atoms with Gasteiger partial charge in [-0.2, -0.15) is 0 Å². The fourth-order valence-corrected chi connectivity index (χ4v) is 3.15. The van der Waals surface area contributed by atoms with Gasteiger partial charge in [-0.3, -0.25) is 15.0 Å². The maximum Gasteiger partial charge on any atom is 0.328 e. The molecule has 1 aromatic heterocycles. The minimum Gasteiger partial charge on any atom is -0.451 e. The number of carbonyl (C=O) groups is 2. The number of benzene rings is 1. The quantitative estimate of drug-likeness (QED) is 0.758. The van der Waals surface area contributed by atoms with E-state index in [1.807, 2.05) is 30.3 Å². The predicted octanol–water partition coefficient (Wildman–Crippen LogP) is 1.84. The number of aromatic nitrogens is 1. The van der Waals surface area contributed by atoms with Gasteiger partial charge < -0.3 is 14.2 Å². The maximum absolute atomic E-state index is 13.0. The van der Waals surface area contributed by atoms with Gasteiger partial charge in [0.25, 0.3) is 5.91 Å². The van der Waals surface area contributed by atoms with Gasteiger partial charge in [-0.1, -0.05) is 35.5 Å². The van der Waals surface area contributed by atoms with Gasteiger partial charge >= 0.3 is 5.97 Å². The van der Waals surface area contributed by atoms with Crippen LogP contribution in [0.3, 0.4) is 0 Å². The Balaban J connectivity index is 1.69. The largest absolute Gasteiger partial charge is 0.451 e. The average molecular weight is 386 g/mol. The number of anilines is 1. The minimum atomic E-state index is -0.961. The van der Waals surface area contributed by atoms with Gasteiger partial charge in [-0.15, -0.1) is 0 Å². The molecule has 0 saturated carbocycles. The van der Waals surface area contributed by atoms with Crippen LogP contribution in [-0.4, -0.2) is 66.2 Å². The van der Waals surface area contributed by atoms with Crippen LogP contribution in [0, 0.1) is 6.92 Å². The monoisotopic (exact) mass is 386 g/mol. The minimum absolute atomic E-state index is 0.226. The number of carbonyl (C=O) groups excluding carboxylic acids is 2. The first-order valence-corrected chi connectivity index (χ1v) is 9.36. The third kappa shape index (κ3) is 4.96. The summed E-state index contributed by atoms with van der Waals surface area (Å²) in [6, 6.07) is 10.6. The van der Waals surface area contributed by atoms with E-state index in [1.165, 1.54) is 0 Å². The van der Waals surface area contributed by atoms with Crippen LogP contribution < -0.4 is 5.32 Å². The number of hydrogen-bond acceptors (Lipinski definition) is 7. The number of piperazine rings is 1. The lowest BCUT2D eigenvalue weighted by Crippen LogP contribution is -2.48. The van der Waals surface area contributed by atoms with Crippen molar-refractivity contribution < 1.29 is 18.8 Å². The van der Waals surface area contributed by atoms with E-state index in [9.17, 15) is 9.59 Å². The molecular formula is C20H26N4O4. The molecular weight excluding hydrogens is 360 g/mol. The summed E-state index contributed by atoms with van der Waals surface area (Å²) in [7, 11) is 2.06. The first-order valence-electron chi connectivity index (χ1n) is 9.36. The third-order valence-electron chi connectivity index (χ3n) is 4.78. The smallest absolute Gasteiger partial charge is 0.328 e. The van der Waals surface area contributed by atoms with Crippen LogP contribution in [0.1, 0.15) is 24.2 Å². The summed E-state index contributed by atoms with van der Waals surface area (Å²) in [5.41, 5.74) is 1.51. The highest BCUT2D eigenvalue weighted by Crippen LogP contribution is 2.24. The topological polar surface area (TPSA) is 87.9 Å². The maximum atomic E-state index is 13.0. The van der Waals surface area contributed by atoms with Crippen molar-refractivity contribution in [1.29, 1.82) is 0 Å². The van der Waals surface area contributed by atoms with E-state index in [4.69, 9.17) is 9.26 Å². The van der Waals surface area contributed by atoms with Crippen molar-refractivity contribution in [3.05, 3.63) is 47.7 Å². The Bertz CT molecular complexity index is 800. The lowest BCUT2D eigenvalue weighted by Gasteiger charge is -2.37. The highest BCUT2D eigenvalue weighted by molar-refractivity contribution is 5.94. The summed E-state index contributed by atoms with van der Waals surface area (Å²) < 4.78 is 10.5. The van der Waals surface area contributed by atoms with Crippen LogP contribution in [0.4, 0.5) is 5.88 Å². The molecule has 0 aliphatic carbocycles. The number of likely N-dealkylation sites (N-methyl/N-ethyl adjacent to an activating group) is 1. The molecule has 0 unspecified atom stereocenters. The van der Waals surface area contributed by atoms with Crippen molar-refractivity contribution in [3.8, 4) is 0 Å². The average Bonchev–Trinajstić information content (AvgIpc) is 3.09. The normalized spacial score (nSPS) is 17.7. The Hall–Kier alpha value is -2.71. The SMILES string of the molecule is Cc1cc(NC(=O)[C@@H](C)OC(=O)[C@@H](c2ccccc2)N2CCN(C)CC2)on1. The molecule has 1 saturated heterocycles. The Morgan fingerprint density at radius 3 is 2.46 bits per heavy atom. The number of aryl methyl sites for hydroxylation is 1. The van der Waals surface area contributed by atoms with Gasteiger partial charge in [0.2, 0.25) is 5.88 Å². The highest BCUT2D eigenvalue weighted by atomic mass is 16.5. The van der Waals surface area contributed by atoms with E-state index in [-0.39, 0.29) is 5.88 Å².